The summed E-state index contributed by atoms with van der Waals surface area (Å²) in [5, 5.41) is 8.80. The molecule has 1 fully saturated rings. The van der Waals surface area contributed by atoms with Crippen molar-refractivity contribution in [1.82, 2.24) is 0 Å². The summed E-state index contributed by atoms with van der Waals surface area (Å²) in [4.78, 5) is 10.8. The molecule has 3 unspecified atom stereocenters. The molecule has 0 bridgehead atoms. The van der Waals surface area contributed by atoms with Gasteiger partial charge in [0.2, 0.25) is 0 Å². The van der Waals surface area contributed by atoms with Gasteiger partial charge in [0.05, 0.1) is 5.92 Å². The summed E-state index contributed by atoms with van der Waals surface area (Å²) in [5.74, 6) is -3.37. The van der Waals surface area contributed by atoms with Gasteiger partial charge in [-0.25, -0.2) is 0 Å². The van der Waals surface area contributed by atoms with Crippen LogP contribution in [0.1, 0.15) is 26.2 Å². The molecule has 0 aromatic rings. The van der Waals surface area contributed by atoms with Crippen molar-refractivity contribution in [3.63, 3.8) is 0 Å². The molecule has 6 heteroatoms. The molecule has 0 aromatic carbocycles. The molecule has 0 aromatic heterocycles. The van der Waals surface area contributed by atoms with Gasteiger partial charge in [-0.05, 0) is 25.2 Å². The number of halogens is 3. The lowest BCUT2D eigenvalue weighted by Gasteiger charge is -2.39. The molecule has 0 saturated heterocycles. The second-order valence-corrected chi connectivity index (χ2v) is 4.33. The zero-order valence-corrected chi connectivity index (χ0v) is 8.34. The number of aliphatic carboxylic acids is 1. The molecule has 3 N–H and O–H groups in total. The second-order valence-electron chi connectivity index (χ2n) is 4.33. The molecule has 15 heavy (non-hydrogen) atoms. The Balaban J connectivity index is 2.75. The Morgan fingerprint density at radius 2 is 2.07 bits per heavy atom. The van der Waals surface area contributed by atoms with E-state index in [1.54, 1.807) is 0 Å². The van der Waals surface area contributed by atoms with Crippen LogP contribution in [0.4, 0.5) is 13.2 Å². The second kappa shape index (κ2) is 3.66. The minimum atomic E-state index is -4.25. The quantitative estimate of drug-likeness (QED) is 0.714. The number of carboxylic acid groups (broad SMARTS) is 1. The van der Waals surface area contributed by atoms with E-state index in [0.717, 1.165) is 0 Å². The van der Waals surface area contributed by atoms with E-state index < -0.39 is 29.5 Å². The fraction of sp³-hybridized carbons (Fsp3) is 0.889. The van der Waals surface area contributed by atoms with Crippen LogP contribution in [-0.4, -0.2) is 22.8 Å². The van der Waals surface area contributed by atoms with Crippen LogP contribution >= 0.6 is 0 Å². The minimum Gasteiger partial charge on any atom is -0.480 e. The van der Waals surface area contributed by atoms with Gasteiger partial charge < -0.3 is 10.8 Å². The summed E-state index contributed by atoms with van der Waals surface area (Å²) in [7, 11) is 0. The zero-order valence-electron chi connectivity index (χ0n) is 8.34. The Bertz CT molecular complexity index is 267. The van der Waals surface area contributed by atoms with Crippen LogP contribution in [0.5, 0.6) is 0 Å². The lowest BCUT2D eigenvalue weighted by Crippen LogP contribution is -2.54. The first kappa shape index (κ1) is 12.3. The molecule has 3 nitrogen and oxygen atoms in total. The van der Waals surface area contributed by atoms with E-state index in [2.05, 4.69) is 0 Å². The Kier molecular flexibility index (Phi) is 3.00. The third-order valence-corrected chi connectivity index (χ3v) is 3.12. The molecule has 1 aliphatic carbocycles. The van der Waals surface area contributed by atoms with E-state index in [4.69, 9.17) is 10.8 Å². The van der Waals surface area contributed by atoms with Crippen LogP contribution < -0.4 is 5.73 Å². The average Bonchev–Trinajstić information content (AvgIpc) is 2.00. The van der Waals surface area contributed by atoms with Crippen LogP contribution in [0.3, 0.4) is 0 Å². The number of alkyl halides is 3. The minimum absolute atomic E-state index is 0.114. The molecule has 0 heterocycles. The van der Waals surface area contributed by atoms with Crippen molar-refractivity contribution in [1.29, 1.82) is 0 Å². The maximum absolute atomic E-state index is 12.5. The predicted molar refractivity (Wildman–Crippen MR) is 47.1 cm³/mol. The smallest absolute Gasteiger partial charge is 0.392 e. The summed E-state index contributed by atoms with van der Waals surface area (Å²) in [6.07, 6.45) is -4.68. The fourth-order valence-electron chi connectivity index (χ4n) is 2.20. The number of hydrogen-bond donors (Lipinski definition) is 2. The topological polar surface area (TPSA) is 63.3 Å². The van der Waals surface area contributed by atoms with Crippen molar-refractivity contribution < 1.29 is 23.1 Å². The molecule has 1 aliphatic rings. The van der Waals surface area contributed by atoms with Crippen LogP contribution in [0.2, 0.25) is 0 Å². The first-order valence-electron chi connectivity index (χ1n) is 4.76. The van der Waals surface area contributed by atoms with E-state index in [9.17, 15) is 18.0 Å². The molecular weight excluding hydrogens is 211 g/mol. The van der Waals surface area contributed by atoms with Crippen molar-refractivity contribution in [2.24, 2.45) is 17.6 Å². The number of rotatable bonds is 1. The normalized spacial score (nSPS) is 37.7. The number of nitrogens with two attached hydrogens (primary N) is 1. The van der Waals surface area contributed by atoms with Crippen molar-refractivity contribution in [3.8, 4) is 0 Å². The van der Waals surface area contributed by atoms with Gasteiger partial charge in [0.1, 0.15) is 5.54 Å². The highest BCUT2D eigenvalue weighted by Crippen LogP contribution is 2.43. The van der Waals surface area contributed by atoms with Gasteiger partial charge in [0.25, 0.3) is 0 Å². The van der Waals surface area contributed by atoms with Gasteiger partial charge in [-0.2, -0.15) is 13.2 Å². The lowest BCUT2D eigenvalue weighted by molar-refractivity contribution is -0.200. The maximum Gasteiger partial charge on any atom is 0.392 e. The van der Waals surface area contributed by atoms with E-state index in [0.29, 0.717) is 0 Å². The first-order valence-corrected chi connectivity index (χ1v) is 4.76. The molecule has 0 radical (unpaired) electrons. The Labute approximate surface area is 85.4 Å². The fourth-order valence-corrected chi connectivity index (χ4v) is 2.20. The highest BCUT2D eigenvalue weighted by atomic mass is 19.4. The Morgan fingerprint density at radius 1 is 1.53 bits per heavy atom. The van der Waals surface area contributed by atoms with Crippen LogP contribution in [0.25, 0.3) is 0 Å². The summed E-state index contributed by atoms with van der Waals surface area (Å²) >= 11 is 0. The SMILES string of the molecule is CC1CC(N)(C(=O)O)CCC1C(F)(F)F. The van der Waals surface area contributed by atoms with E-state index in [1.807, 2.05) is 0 Å². The monoisotopic (exact) mass is 225 g/mol. The number of carbonyl (C=O) groups is 1. The van der Waals surface area contributed by atoms with Gasteiger partial charge in [0.15, 0.2) is 0 Å². The van der Waals surface area contributed by atoms with Crippen molar-refractivity contribution >= 4 is 5.97 Å². The lowest BCUT2D eigenvalue weighted by atomic mass is 9.71. The Morgan fingerprint density at radius 3 is 2.40 bits per heavy atom. The highest BCUT2D eigenvalue weighted by Gasteiger charge is 2.50. The van der Waals surface area contributed by atoms with Crippen molar-refractivity contribution in [2.75, 3.05) is 0 Å². The summed E-state index contributed by atoms with van der Waals surface area (Å²) < 4.78 is 37.4. The van der Waals surface area contributed by atoms with Crippen LogP contribution in [0.15, 0.2) is 0 Å². The maximum atomic E-state index is 12.5. The van der Waals surface area contributed by atoms with Gasteiger partial charge >= 0.3 is 12.1 Å². The van der Waals surface area contributed by atoms with E-state index in [1.165, 1.54) is 6.92 Å². The number of carboxylic acids is 1. The summed E-state index contributed by atoms with van der Waals surface area (Å²) in [6.45, 7) is 1.40. The van der Waals surface area contributed by atoms with Gasteiger partial charge in [-0.15, -0.1) is 0 Å². The van der Waals surface area contributed by atoms with Gasteiger partial charge in [-0.3, -0.25) is 4.79 Å². The summed E-state index contributed by atoms with van der Waals surface area (Å²) in [6, 6.07) is 0. The largest absolute Gasteiger partial charge is 0.480 e. The third-order valence-electron chi connectivity index (χ3n) is 3.12. The number of hydrogen-bond acceptors (Lipinski definition) is 2. The van der Waals surface area contributed by atoms with E-state index >= 15 is 0 Å². The molecule has 0 aliphatic heterocycles. The van der Waals surface area contributed by atoms with Gasteiger partial charge in [0, 0.05) is 0 Å². The molecule has 0 spiro atoms. The molecule has 1 rings (SSSR count). The van der Waals surface area contributed by atoms with E-state index in [-0.39, 0.29) is 19.3 Å². The summed E-state index contributed by atoms with van der Waals surface area (Å²) in [5.41, 5.74) is 4.05. The third kappa shape index (κ3) is 2.42. The molecular formula is C9H14F3NO2. The van der Waals surface area contributed by atoms with Crippen molar-refractivity contribution in [3.05, 3.63) is 0 Å². The average molecular weight is 225 g/mol. The Hall–Kier alpha value is -0.780. The highest BCUT2D eigenvalue weighted by molar-refractivity contribution is 5.78. The molecule has 88 valence electrons. The molecule has 3 atom stereocenters. The van der Waals surface area contributed by atoms with Crippen LogP contribution in [-0.2, 0) is 4.79 Å². The first-order chi connectivity index (χ1) is 6.67. The molecule has 1 saturated carbocycles. The van der Waals surface area contributed by atoms with Gasteiger partial charge in [-0.1, -0.05) is 6.92 Å². The zero-order chi connectivity index (χ0) is 11.9. The van der Waals surface area contributed by atoms with Crippen LogP contribution in [0, 0.1) is 11.8 Å². The van der Waals surface area contributed by atoms with Crippen molar-refractivity contribution in [2.45, 2.75) is 37.9 Å². The standard InChI is InChI=1S/C9H14F3NO2/c1-5-4-8(13,7(14)15)3-2-6(5)9(10,11)12/h5-6H,2-4,13H2,1H3,(H,14,15). The predicted octanol–water partition coefficient (Wildman–Crippen LogP) is 1.77. The molecule has 0 amide bonds.